The fourth-order valence-electron chi connectivity index (χ4n) is 2.98. The molecule has 1 rings (SSSR count). The van der Waals surface area contributed by atoms with Gasteiger partial charge in [-0.05, 0) is 60.3 Å². The molecule has 0 aromatic rings. The van der Waals surface area contributed by atoms with Gasteiger partial charge in [0.1, 0.15) is 5.54 Å². The summed E-state index contributed by atoms with van der Waals surface area (Å²) in [4.78, 5) is 17.0. The molecular formula is C16H33N3O2. The summed E-state index contributed by atoms with van der Waals surface area (Å²) in [5.41, 5.74) is -0.574. The van der Waals surface area contributed by atoms with Gasteiger partial charge in [0.2, 0.25) is 0 Å². The van der Waals surface area contributed by atoms with Crippen LogP contribution in [0.4, 0.5) is 0 Å². The van der Waals surface area contributed by atoms with Gasteiger partial charge in [-0.15, -0.1) is 0 Å². The van der Waals surface area contributed by atoms with Crippen LogP contribution in [0, 0.1) is 0 Å². The van der Waals surface area contributed by atoms with Gasteiger partial charge in [-0.1, -0.05) is 6.92 Å². The van der Waals surface area contributed by atoms with Crippen LogP contribution in [0.2, 0.25) is 0 Å². The third-order valence-electron chi connectivity index (χ3n) is 4.43. The van der Waals surface area contributed by atoms with Gasteiger partial charge in [0.05, 0.1) is 6.61 Å². The lowest BCUT2D eigenvalue weighted by molar-refractivity contribution is -0.151. The average molecular weight is 299 g/mol. The summed E-state index contributed by atoms with van der Waals surface area (Å²) in [6.07, 6.45) is 3.30. The van der Waals surface area contributed by atoms with Gasteiger partial charge >= 0.3 is 5.97 Å². The lowest BCUT2D eigenvalue weighted by Gasteiger charge is -2.38. The SMILES string of the molecule is CCNC(C)(CCN1CCCC(N(C)C)C1)C(=O)OCC. The van der Waals surface area contributed by atoms with Gasteiger partial charge in [-0.2, -0.15) is 0 Å². The monoisotopic (exact) mass is 299 g/mol. The molecule has 124 valence electrons. The molecule has 1 N–H and O–H groups in total. The van der Waals surface area contributed by atoms with Crippen LogP contribution in [0.1, 0.15) is 40.0 Å². The molecule has 1 heterocycles. The van der Waals surface area contributed by atoms with Crippen molar-refractivity contribution in [2.75, 3.05) is 46.9 Å². The van der Waals surface area contributed by atoms with E-state index in [-0.39, 0.29) is 5.97 Å². The van der Waals surface area contributed by atoms with Gasteiger partial charge in [-0.25, -0.2) is 0 Å². The molecule has 0 aromatic heterocycles. The van der Waals surface area contributed by atoms with Crippen molar-refractivity contribution < 1.29 is 9.53 Å². The first kappa shape index (κ1) is 18.4. The molecule has 5 nitrogen and oxygen atoms in total. The molecule has 21 heavy (non-hydrogen) atoms. The molecule has 0 bridgehead atoms. The number of carbonyl (C=O) groups is 1. The van der Waals surface area contributed by atoms with Gasteiger partial charge in [0, 0.05) is 19.1 Å². The Hall–Kier alpha value is -0.650. The topological polar surface area (TPSA) is 44.8 Å². The Balaban J connectivity index is 2.54. The van der Waals surface area contributed by atoms with Crippen molar-refractivity contribution in [2.24, 2.45) is 0 Å². The first-order valence-electron chi connectivity index (χ1n) is 8.24. The zero-order chi connectivity index (χ0) is 15.9. The second-order valence-electron chi connectivity index (χ2n) is 6.39. The number of ether oxygens (including phenoxy) is 1. The Bertz CT molecular complexity index is 323. The Labute approximate surface area is 130 Å². The van der Waals surface area contributed by atoms with Crippen LogP contribution in [-0.4, -0.2) is 74.2 Å². The van der Waals surface area contributed by atoms with Crippen molar-refractivity contribution in [3.63, 3.8) is 0 Å². The van der Waals surface area contributed by atoms with Crippen LogP contribution in [0.5, 0.6) is 0 Å². The van der Waals surface area contributed by atoms with E-state index in [4.69, 9.17) is 4.74 Å². The summed E-state index contributed by atoms with van der Waals surface area (Å²) >= 11 is 0. The van der Waals surface area contributed by atoms with Crippen molar-refractivity contribution >= 4 is 5.97 Å². The molecule has 1 saturated heterocycles. The number of rotatable bonds is 8. The van der Waals surface area contributed by atoms with Crippen LogP contribution in [-0.2, 0) is 9.53 Å². The number of hydrogen-bond donors (Lipinski definition) is 1. The zero-order valence-corrected chi connectivity index (χ0v) is 14.4. The van der Waals surface area contributed by atoms with Gasteiger partial charge < -0.3 is 19.9 Å². The minimum atomic E-state index is -0.574. The highest BCUT2D eigenvalue weighted by atomic mass is 16.5. The number of nitrogens with one attached hydrogen (secondary N) is 1. The van der Waals surface area contributed by atoms with E-state index < -0.39 is 5.54 Å². The van der Waals surface area contributed by atoms with E-state index in [0.29, 0.717) is 12.6 Å². The molecule has 2 atom stereocenters. The maximum absolute atomic E-state index is 12.2. The predicted octanol–water partition coefficient (Wildman–Crippen LogP) is 1.33. The highest BCUT2D eigenvalue weighted by Gasteiger charge is 2.34. The molecule has 0 aliphatic carbocycles. The summed E-state index contributed by atoms with van der Waals surface area (Å²) in [7, 11) is 4.30. The number of likely N-dealkylation sites (tertiary alicyclic amines) is 1. The maximum atomic E-state index is 12.2. The molecule has 1 aliphatic heterocycles. The van der Waals surface area contributed by atoms with E-state index in [1.807, 2.05) is 20.8 Å². The molecule has 1 fully saturated rings. The molecule has 0 aromatic carbocycles. The van der Waals surface area contributed by atoms with E-state index in [1.165, 1.54) is 12.8 Å². The zero-order valence-electron chi connectivity index (χ0n) is 14.4. The van der Waals surface area contributed by atoms with E-state index in [1.54, 1.807) is 0 Å². The van der Waals surface area contributed by atoms with Gasteiger partial charge in [-0.3, -0.25) is 4.79 Å². The molecule has 0 radical (unpaired) electrons. The van der Waals surface area contributed by atoms with Crippen molar-refractivity contribution in [2.45, 2.75) is 51.6 Å². The summed E-state index contributed by atoms with van der Waals surface area (Å²) in [5.74, 6) is -0.131. The third kappa shape index (κ3) is 5.57. The number of carbonyl (C=O) groups excluding carboxylic acids is 1. The van der Waals surface area contributed by atoms with E-state index in [9.17, 15) is 4.79 Å². The number of hydrogen-bond acceptors (Lipinski definition) is 5. The summed E-state index contributed by atoms with van der Waals surface area (Å²) in [6.45, 7) is 10.2. The Morgan fingerprint density at radius 3 is 2.71 bits per heavy atom. The highest BCUT2D eigenvalue weighted by molar-refractivity contribution is 5.80. The van der Waals surface area contributed by atoms with Gasteiger partial charge in [0.25, 0.3) is 0 Å². The highest BCUT2D eigenvalue weighted by Crippen LogP contribution is 2.18. The van der Waals surface area contributed by atoms with Crippen molar-refractivity contribution in [1.29, 1.82) is 0 Å². The third-order valence-corrected chi connectivity index (χ3v) is 4.43. The molecule has 1 aliphatic rings. The maximum Gasteiger partial charge on any atom is 0.326 e. The smallest absolute Gasteiger partial charge is 0.326 e. The summed E-state index contributed by atoms with van der Waals surface area (Å²) in [6, 6.07) is 0.631. The Morgan fingerprint density at radius 1 is 1.43 bits per heavy atom. The minimum Gasteiger partial charge on any atom is -0.465 e. The number of likely N-dealkylation sites (N-methyl/N-ethyl adjacent to an activating group) is 2. The second-order valence-corrected chi connectivity index (χ2v) is 6.39. The largest absolute Gasteiger partial charge is 0.465 e. The molecule has 5 heteroatoms. The molecule has 0 spiro atoms. The van der Waals surface area contributed by atoms with E-state index in [2.05, 4.69) is 29.2 Å². The lowest BCUT2D eigenvalue weighted by Crippen LogP contribution is -2.53. The van der Waals surface area contributed by atoms with Crippen LogP contribution < -0.4 is 5.32 Å². The average Bonchev–Trinajstić information content (AvgIpc) is 2.46. The summed E-state index contributed by atoms with van der Waals surface area (Å²) < 4.78 is 5.23. The van der Waals surface area contributed by atoms with Crippen LogP contribution in [0.25, 0.3) is 0 Å². The van der Waals surface area contributed by atoms with Crippen molar-refractivity contribution in [3.05, 3.63) is 0 Å². The minimum absolute atomic E-state index is 0.131. The van der Waals surface area contributed by atoms with Crippen LogP contribution >= 0.6 is 0 Å². The van der Waals surface area contributed by atoms with E-state index >= 15 is 0 Å². The normalized spacial score (nSPS) is 23.0. The van der Waals surface area contributed by atoms with Gasteiger partial charge in [0.15, 0.2) is 0 Å². The first-order valence-corrected chi connectivity index (χ1v) is 8.24. The van der Waals surface area contributed by atoms with Crippen molar-refractivity contribution in [1.82, 2.24) is 15.1 Å². The quantitative estimate of drug-likeness (QED) is 0.685. The first-order chi connectivity index (χ1) is 9.92. The Morgan fingerprint density at radius 2 is 2.14 bits per heavy atom. The van der Waals surface area contributed by atoms with Crippen LogP contribution in [0.3, 0.4) is 0 Å². The van der Waals surface area contributed by atoms with Crippen molar-refractivity contribution in [3.8, 4) is 0 Å². The standard InChI is InChI=1S/C16H33N3O2/c1-6-17-16(3,15(20)21-7-2)10-12-19-11-8-9-14(13-19)18(4)5/h14,17H,6-13H2,1-5H3. The van der Waals surface area contributed by atoms with E-state index in [0.717, 1.165) is 32.6 Å². The number of piperidine rings is 1. The lowest BCUT2D eigenvalue weighted by atomic mass is 9.96. The fourth-order valence-corrected chi connectivity index (χ4v) is 2.98. The second kappa shape index (κ2) is 8.71. The molecule has 0 saturated carbocycles. The Kier molecular flexibility index (Phi) is 7.63. The number of esters is 1. The fraction of sp³-hybridized carbons (Fsp3) is 0.938. The molecule has 2 unspecified atom stereocenters. The predicted molar refractivity (Wildman–Crippen MR) is 86.5 cm³/mol. The molecule has 0 amide bonds. The summed E-state index contributed by atoms with van der Waals surface area (Å²) in [5, 5.41) is 3.31. The number of nitrogens with zero attached hydrogens (tertiary/aromatic N) is 2. The van der Waals surface area contributed by atoms with Crippen LogP contribution in [0.15, 0.2) is 0 Å². The molecular weight excluding hydrogens is 266 g/mol.